The predicted molar refractivity (Wildman–Crippen MR) is 121 cm³/mol. The molecule has 0 saturated heterocycles. The molecule has 0 radical (unpaired) electrons. The molecule has 0 amide bonds. The third-order valence-electron chi connectivity index (χ3n) is 5.22. The quantitative estimate of drug-likeness (QED) is 0.461. The van der Waals surface area contributed by atoms with Gasteiger partial charge in [-0.3, -0.25) is 0 Å². The fraction of sp³-hybridized carbons (Fsp3) is 0.269. The Labute approximate surface area is 215 Å². The van der Waals surface area contributed by atoms with Gasteiger partial charge in [-0.2, -0.15) is 0 Å². The number of aliphatic hydroxyl groups is 2. The van der Waals surface area contributed by atoms with Crippen LogP contribution in [0.2, 0.25) is 0 Å². The number of aliphatic hydroxyl groups excluding tert-OH is 2. The molecule has 33 heavy (non-hydrogen) atoms. The second-order valence-electron chi connectivity index (χ2n) is 8.10. The van der Waals surface area contributed by atoms with Crippen molar-refractivity contribution >= 4 is 12.0 Å². The topological polar surface area (TPSA) is 85.5 Å². The molecule has 0 bridgehead atoms. The maximum Gasteiger partial charge on any atom is 1.00 e. The number of halogens is 1. The molecule has 5 nitrogen and oxygen atoms in total. The van der Waals surface area contributed by atoms with E-state index in [4.69, 9.17) is 0 Å². The van der Waals surface area contributed by atoms with E-state index in [2.05, 4.69) is 18.4 Å². The van der Waals surface area contributed by atoms with Crippen LogP contribution in [0.3, 0.4) is 0 Å². The number of rotatable bonds is 9. The fourth-order valence-electron chi connectivity index (χ4n) is 3.80. The molecule has 0 aliphatic rings. The van der Waals surface area contributed by atoms with E-state index in [0.717, 1.165) is 28.1 Å². The first-order chi connectivity index (χ1) is 15.3. The number of carbonyl (C=O) groups excluding carboxylic acids is 1. The van der Waals surface area contributed by atoms with Crippen LogP contribution in [0.25, 0.3) is 22.9 Å². The average molecular weight is 459 g/mol. The summed E-state index contributed by atoms with van der Waals surface area (Å²) in [5, 5.41) is 30.8. The van der Waals surface area contributed by atoms with Gasteiger partial charge in [0.05, 0.1) is 12.2 Å². The van der Waals surface area contributed by atoms with Gasteiger partial charge in [-0.1, -0.05) is 56.3 Å². The van der Waals surface area contributed by atoms with Gasteiger partial charge >= 0.3 is 29.6 Å². The number of carboxylic acid groups (broad SMARTS) is 1. The van der Waals surface area contributed by atoms with Crippen molar-refractivity contribution in [3.8, 4) is 16.8 Å². The van der Waals surface area contributed by atoms with Gasteiger partial charge in [-0.05, 0) is 35.7 Å². The molecule has 7 heteroatoms. The summed E-state index contributed by atoms with van der Waals surface area (Å²) in [6.07, 6.45) is 2.43. The second-order valence-corrected chi connectivity index (χ2v) is 8.10. The minimum atomic E-state index is -1.37. The number of para-hydroxylation sites is 1. The standard InChI is InChI=1S/C26H28FNO4.Na/c1-17(2)26-23(13-12-21(29)14-22(30)15-25(31)32)24(18-8-10-19(27)11-9-18)16-28(26)20-6-4-3-5-7-20;/h3-13,16-17,21-22,29-30H,14-15H2,1-2H3,(H,31,32);/q;+1/p-1/b13-12+;. The monoisotopic (exact) mass is 459 g/mol. The smallest absolute Gasteiger partial charge is 0.550 e. The maximum absolute atomic E-state index is 13.5. The molecule has 3 aromatic rings. The van der Waals surface area contributed by atoms with E-state index < -0.39 is 24.6 Å². The molecule has 2 aromatic carbocycles. The van der Waals surface area contributed by atoms with E-state index in [1.807, 2.05) is 36.5 Å². The Balaban J connectivity index is 0.00000385. The van der Waals surface area contributed by atoms with Gasteiger partial charge in [0.1, 0.15) is 5.82 Å². The first-order valence-corrected chi connectivity index (χ1v) is 10.6. The van der Waals surface area contributed by atoms with E-state index in [1.165, 1.54) is 12.1 Å². The maximum atomic E-state index is 13.5. The average Bonchev–Trinajstić information content (AvgIpc) is 3.12. The van der Waals surface area contributed by atoms with Crippen molar-refractivity contribution in [3.63, 3.8) is 0 Å². The van der Waals surface area contributed by atoms with Crippen molar-refractivity contribution in [1.82, 2.24) is 4.57 Å². The molecule has 2 N–H and O–H groups in total. The van der Waals surface area contributed by atoms with Crippen LogP contribution in [0.5, 0.6) is 0 Å². The van der Waals surface area contributed by atoms with Crippen LogP contribution in [0.15, 0.2) is 66.9 Å². The molecule has 0 aliphatic heterocycles. The third kappa shape index (κ3) is 7.13. The van der Waals surface area contributed by atoms with Crippen molar-refractivity contribution in [1.29, 1.82) is 0 Å². The van der Waals surface area contributed by atoms with Gasteiger partial charge in [-0.25, -0.2) is 4.39 Å². The molecule has 2 unspecified atom stereocenters. The Morgan fingerprint density at radius 1 is 1.09 bits per heavy atom. The Bertz CT molecular complexity index is 1080. The first kappa shape index (κ1) is 27.0. The zero-order valence-corrected chi connectivity index (χ0v) is 21.1. The normalized spacial score (nSPS) is 13.2. The molecule has 0 fully saturated rings. The van der Waals surface area contributed by atoms with E-state index in [0.29, 0.717) is 0 Å². The minimum absolute atomic E-state index is 0. The molecule has 3 rings (SSSR count). The number of benzene rings is 2. The van der Waals surface area contributed by atoms with Crippen molar-refractivity contribution in [2.75, 3.05) is 0 Å². The molecule has 0 spiro atoms. The number of carbonyl (C=O) groups is 1. The number of aromatic nitrogens is 1. The predicted octanol–water partition coefficient (Wildman–Crippen LogP) is 0.676. The van der Waals surface area contributed by atoms with Crippen LogP contribution in [0.4, 0.5) is 4.39 Å². The first-order valence-electron chi connectivity index (χ1n) is 10.6. The molecular formula is C26H27FNNaO4. The largest absolute Gasteiger partial charge is 1.00 e. The fourth-order valence-corrected chi connectivity index (χ4v) is 3.80. The van der Waals surface area contributed by atoms with Gasteiger partial charge < -0.3 is 24.7 Å². The van der Waals surface area contributed by atoms with Crippen molar-refractivity contribution < 1.29 is 54.1 Å². The van der Waals surface area contributed by atoms with Crippen molar-refractivity contribution in [3.05, 3.63) is 83.9 Å². The molecular weight excluding hydrogens is 432 g/mol. The van der Waals surface area contributed by atoms with Gasteiger partial charge in [-0.15, -0.1) is 0 Å². The van der Waals surface area contributed by atoms with Crippen LogP contribution in [-0.2, 0) is 4.79 Å². The molecule has 168 valence electrons. The SMILES string of the molecule is CC(C)c1c(/C=C/C(O)CC(O)CC(=O)[O-])c(-c2ccc(F)cc2)cn1-c1ccccc1.[Na+]. The summed E-state index contributed by atoms with van der Waals surface area (Å²) in [5.74, 6) is -1.56. The molecule has 0 saturated carbocycles. The molecule has 0 aliphatic carbocycles. The second kappa shape index (κ2) is 12.3. The Morgan fingerprint density at radius 3 is 2.30 bits per heavy atom. The summed E-state index contributed by atoms with van der Waals surface area (Å²) in [6, 6.07) is 16.1. The van der Waals surface area contributed by atoms with Crippen LogP contribution < -0.4 is 34.7 Å². The van der Waals surface area contributed by atoms with E-state index >= 15 is 0 Å². The third-order valence-corrected chi connectivity index (χ3v) is 5.22. The van der Waals surface area contributed by atoms with Crippen LogP contribution in [0.1, 0.15) is 43.9 Å². The number of carboxylic acids is 1. The van der Waals surface area contributed by atoms with Gasteiger partial charge in [0.25, 0.3) is 0 Å². The van der Waals surface area contributed by atoms with Crippen molar-refractivity contribution in [2.45, 2.75) is 44.8 Å². The van der Waals surface area contributed by atoms with Gasteiger partial charge in [0, 0.05) is 47.5 Å². The van der Waals surface area contributed by atoms with E-state index in [-0.39, 0.29) is 47.7 Å². The summed E-state index contributed by atoms with van der Waals surface area (Å²) in [4.78, 5) is 10.7. The summed E-state index contributed by atoms with van der Waals surface area (Å²) >= 11 is 0. The Hall–Kier alpha value is -2.22. The summed E-state index contributed by atoms with van der Waals surface area (Å²) in [7, 11) is 0. The number of hydrogen-bond donors (Lipinski definition) is 2. The van der Waals surface area contributed by atoms with Crippen LogP contribution in [-0.4, -0.2) is 33.0 Å². The van der Waals surface area contributed by atoms with Gasteiger partial charge in [0.15, 0.2) is 0 Å². The zero-order valence-electron chi connectivity index (χ0n) is 19.1. The minimum Gasteiger partial charge on any atom is -0.550 e. The number of aliphatic carboxylic acids is 1. The molecule has 1 heterocycles. The number of hydrogen-bond acceptors (Lipinski definition) is 4. The number of nitrogens with zero attached hydrogens (tertiary/aromatic N) is 1. The molecule has 1 aromatic heterocycles. The Kier molecular flexibility index (Phi) is 10.1. The summed E-state index contributed by atoms with van der Waals surface area (Å²) in [5.41, 5.74) is 4.55. The van der Waals surface area contributed by atoms with Crippen LogP contribution in [0, 0.1) is 5.82 Å². The van der Waals surface area contributed by atoms with Crippen LogP contribution >= 0.6 is 0 Å². The van der Waals surface area contributed by atoms with Crippen molar-refractivity contribution in [2.24, 2.45) is 0 Å². The van der Waals surface area contributed by atoms with Gasteiger partial charge in [0.2, 0.25) is 0 Å². The molecule has 2 atom stereocenters. The summed E-state index contributed by atoms with van der Waals surface area (Å²) in [6.45, 7) is 4.14. The van der Waals surface area contributed by atoms with E-state index in [1.54, 1.807) is 24.3 Å². The van der Waals surface area contributed by atoms with E-state index in [9.17, 15) is 24.5 Å². The summed E-state index contributed by atoms with van der Waals surface area (Å²) < 4.78 is 15.6. The zero-order chi connectivity index (χ0) is 23.3. The Morgan fingerprint density at radius 2 is 1.73 bits per heavy atom.